The minimum atomic E-state index is 0.0982. The third-order valence-corrected chi connectivity index (χ3v) is 5.57. The van der Waals surface area contributed by atoms with E-state index < -0.39 is 0 Å². The summed E-state index contributed by atoms with van der Waals surface area (Å²) in [5.41, 5.74) is 2.29. The van der Waals surface area contributed by atoms with E-state index in [4.69, 9.17) is 9.26 Å². The first-order valence-electron chi connectivity index (χ1n) is 10.9. The Balaban J connectivity index is 1.39. The fourth-order valence-electron chi connectivity index (χ4n) is 4.02. The molecule has 3 heterocycles. The van der Waals surface area contributed by atoms with Crippen LogP contribution in [-0.2, 0) is 17.6 Å². The summed E-state index contributed by atoms with van der Waals surface area (Å²) in [7, 11) is 1.58. The largest absolute Gasteiger partial charge is 0.480 e. The number of likely N-dealkylation sites (tertiary alicyclic amines) is 1. The van der Waals surface area contributed by atoms with Crippen molar-refractivity contribution < 1.29 is 14.1 Å². The normalized spacial score (nSPS) is 16.8. The van der Waals surface area contributed by atoms with E-state index in [1.54, 1.807) is 7.11 Å². The van der Waals surface area contributed by atoms with Crippen molar-refractivity contribution in [2.45, 2.75) is 51.9 Å². The molecule has 8 heteroatoms. The number of nitrogens with zero attached hydrogens (tertiary/aromatic N) is 5. The average Bonchev–Trinajstić information content (AvgIpc) is 3.24. The van der Waals surface area contributed by atoms with Gasteiger partial charge in [0.1, 0.15) is 5.69 Å². The molecule has 1 aliphatic heterocycles. The zero-order valence-electron chi connectivity index (χ0n) is 18.4. The van der Waals surface area contributed by atoms with Crippen molar-refractivity contribution in [2.24, 2.45) is 5.92 Å². The van der Waals surface area contributed by atoms with Crippen molar-refractivity contribution in [2.75, 3.05) is 20.2 Å². The Morgan fingerprint density at radius 3 is 2.74 bits per heavy atom. The first kappa shape index (κ1) is 21.2. The van der Waals surface area contributed by atoms with Crippen LogP contribution < -0.4 is 4.74 Å². The van der Waals surface area contributed by atoms with Gasteiger partial charge in [0, 0.05) is 32.4 Å². The maximum absolute atomic E-state index is 12.9. The van der Waals surface area contributed by atoms with Gasteiger partial charge in [-0.1, -0.05) is 31.1 Å². The van der Waals surface area contributed by atoms with Gasteiger partial charge < -0.3 is 14.2 Å². The van der Waals surface area contributed by atoms with Crippen molar-refractivity contribution in [1.29, 1.82) is 0 Å². The number of aryl methyl sites for hydroxylation is 1. The van der Waals surface area contributed by atoms with Crippen LogP contribution in [0.25, 0.3) is 11.0 Å². The van der Waals surface area contributed by atoms with Crippen molar-refractivity contribution >= 4 is 16.9 Å². The summed E-state index contributed by atoms with van der Waals surface area (Å²) < 4.78 is 10.9. The highest BCUT2D eigenvalue weighted by Crippen LogP contribution is 2.27. The maximum Gasteiger partial charge on any atom is 0.235 e. The van der Waals surface area contributed by atoms with Crippen molar-refractivity contribution in [3.63, 3.8) is 0 Å². The van der Waals surface area contributed by atoms with Crippen molar-refractivity contribution in [1.82, 2.24) is 25.0 Å². The molecule has 164 valence electrons. The van der Waals surface area contributed by atoms with Gasteiger partial charge in [-0.2, -0.15) is 4.98 Å². The molecule has 1 aliphatic rings. The lowest BCUT2D eigenvalue weighted by Crippen LogP contribution is -2.39. The van der Waals surface area contributed by atoms with Crippen LogP contribution in [0.3, 0.4) is 0 Å². The van der Waals surface area contributed by atoms with Crippen LogP contribution >= 0.6 is 0 Å². The lowest BCUT2D eigenvalue weighted by atomic mass is 9.97. The molecule has 0 N–H and O–H groups in total. The summed E-state index contributed by atoms with van der Waals surface area (Å²) in [6, 6.07) is 7.66. The maximum atomic E-state index is 12.9. The number of hydrogen-bond acceptors (Lipinski definition) is 7. The average molecular weight is 424 g/mol. The summed E-state index contributed by atoms with van der Waals surface area (Å²) in [6.45, 7) is 5.63. The number of carbonyl (C=O) groups is 1. The highest BCUT2D eigenvalue weighted by Gasteiger charge is 2.28. The number of methoxy groups -OCH3 is 1. The number of rotatable bonds is 7. The molecule has 31 heavy (non-hydrogen) atoms. The molecule has 0 radical (unpaired) electrons. The number of benzene rings is 1. The molecule has 1 saturated heterocycles. The third kappa shape index (κ3) is 5.00. The molecule has 0 bridgehead atoms. The zero-order chi connectivity index (χ0) is 21.8. The van der Waals surface area contributed by atoms with Gasteiger partial charge in [0.15, 0.2) is 5.82 Å². The van der Waals surface area contributed by atoms with Gasteiger partial charge in [-0.3, -0.25) is 4.79 Å². The lowest BCUT2D eigenvalue weighted by molar-refractivity contribution is -0.132. The minimum absolute atomic E-state index is 0.0982. The van der Waals surface area contributed by atoms with Gasteiger partial charge >= 0.3 is 0 Å². The Kier molecular flexibility index (Phi) is 6.44. The predicted molar refractivity (Wildman–Crippen MR) is 116 cm³/mol. The first-order valence-corrected chi connectivity index (χ1v) is 10.9. The van der Waals surface area contributed by atoms with Crippen LogP contribution in [0.15, 0.2) is 28.8 Å². The van der Waals surface area contributed by atoms with Crippen molar-refractivity contribution in [3.8, 4) is 5.88 Å². The highest BCUT2D eigenvalue weighted by atomic mass is 16.5. The first-order chi connectivity index (χ1) is 15.0. The summed E-state index contributed by atoms with van der Waals surface area (Å²) in [6.07, 6.45) is 3.53. The number of piperidine rings is 1. The van der Waals surface area contributed by atoms with Gasteiger partial charge in [0.2, 0.25) is 17.7 Å². The number of para-hydroxylation sites is 2. The molecule has 1 amide bonds. The molecule has 0 aliphatic carbocycles. The SMILES string of the molecule is COc1nc2ccccc2nc1CCC(=O)N1CCCC(c2nc(CC(C)C)no2)C1. The monoisotopic (exact) mass is 423 g/mol. The van der Waals surface area contributed by atoms with E-state index in [2.05, 4.69) is 34.0 Å². The number of amides is 1. The Morgan fingerprint density at radius 2 is 2.00 bits per heavy atom. The second kappa shape index (κ2) is 9.41. The molecule has 0 spiro atoms. The van der Waals surface area contributed by atoms with Gasteiger partial charge in [-0.25, -0.2) is 9.97 Å². The second-order valence-electron chi connectivity index (χ2n) is 8.49. The lowest BCUT2D eigenvalue weighted by Gasteiger charge is -2.31. The van der Waals surface area contributed by atoms with Crippen LogP contribution in [0.5, 0.6) is 5.88 Å². The second-order valence-corrected chi connectivity index (χ2v) is 8.49. The third-order valence-electron chi connectivity index (χ3n) is 5.57. The minimum Gasteiger partial charge on any atom is -0.480 e. The summed E-state index contributed by atoms with van der Waals surface area (Å²) in [5, 5.41) is 4.10. The van der Waals surface area contributed by atoms with E-state index >= 15 is 0 Å². The predicted octanol–water partition coefficient (Wildman–Crippen LogP) is 3.56. The van der Waals surface area contributed by atoms with Crippen LogP contribution in [0.4, 0.5) is 0 Å². The van der Waals surface area contributed by atoms with Crippen LogP contribution in [0.2, 0.25) is 0 Å². The molecule has 1 fully saturated rings. The van der Waals surface area contributed by atoms with Crippen LogP contribution in [0.1, 0.15) is 56.4 Å². The summed E-state index contributed by atoms with van der Waals surface area (Å²) in [5.74, 6) is 2.55. The number of fused-ring (bicyclic) bond motifs is 1. The highest BCUT2D eigenvalue weighted by molar-refractivity contribution is 5.77. The van der Waals surface area contributed by atoms with E-state index in [0.29, 0.717) is 42.8 Å². The number of ether oxygens (including phenoxy) is 1. The molecule has 1 unspecified atom stereocenters. The van der Waals surface area contributed by atoms with Gasteiger partial charge in [0.05, 0.1) is 24.1 Å². The van der Waals surface area contributed by atoms with E-state index in [1.165, 1.54) is 0 Å². The number of aromatic nitrogens is 4. The fourth-order valence-corrected chi connectivity index (χ4v) is 4.02. The fraction of sp³-hybridized carbons (Fsp3) is 0.522. The van der Waals surface area contributed by atoms with Crippen LogP contribution in [-0.4, -0.2) is 51.1 Å². The van der Waals surface area contributed by atoms with E-state index in [-0.39, 0.29) is 11.8 Å². The van der Waals surface area contributed by atoms with Gasteiger partial charge in [0.25, 0.3) is 0 Å². The van der Waals surface area contributed by atoms with E-state index in [0.717, 1.165) is 42.7 Å². The Hall–Kier alpha value is -3.03. The molecule has 1 aromatic carbocycles. The molecule has 2 aromatic heterocycles. The Labute approximate surface area is 182 Å². The van der Waals surface area contributed by atoms with Gasteiger partial charge in [-0.05, 0) is 30.9 Å². The molecular formula is C23H29N5O3. The van der Waals surface area contributed by atoms with Crippen molar-refractivity contribution in [3.05, 3.63) is 41.7 Å². The quantitative estimate of drug-likeness (QED) is 0.573. The van der Waals surface area contributed by atoms with Gasteiger partial charge in [-0.15, -0.1) is 0 Å². The van der Waals surface area contributed by atoms with E-state index in [1.807, 2.05) is 29.2 Å². The number of hydrogen-bond donors (Lipinski definition) is 0. The standard InChI is InChI=1S/C23H29N5O3/c1-15(2)13-20-26-22(31-27-20)16-7-6-12-28(14-16)21(29)11-10-19-23(30-3)25-18-9-5-4-8-17(18)24-19/h4-5,8-9,15-16H,6-7,10-14H2,1-3H3. The molecule has 1 atom stereocenters. The molecule has 3 aromatic rings. The summed E-state index contributed by atoms with van der Waals surface area (Å²) >= 11 is 0. The summed E-state index contributed by atoms with van der Waals surface area (Å²) in [4.78, 5) is 28.6. The molecular weight excluding hydrogens is 394 g/mol. The van der Waals surface area contributed by atoms with Crippen LogP contribution in [0, 0.1) is 5.92 Å². The molecule has 0 saturated carbocycles. The van der Waals surface area contributed by atoms with E-state index in [9.17, 15) is 4.79 Å². The number of carbonyl (C=O) groups excluding carboxylic acids is 1. The smallest absolute Gasteiger partial charge is 0.235 e. The Morgan fingerprint density at radius 1 is 1.23 bits per heavy atom. The molecule has 8 nitrogen and oxygen atoms in total. The molecule has 4 rings (SSSR count). The topological polar surface area (TPSA) is 94.2 Å². The Bertz CT molecular complexity index is 1050. The zero-order valence-corrected chi connectivity index (χ0v) is 18.4.